The molecule has 0 N–H and O–H groups in total. The van der Waals surface area contributed by atoms with Gasteiger partial charge in [0, 0.05) is 10.6 Å². The molecule has 0 spiro atoms. The van der Waals surface area contributed by atoms with E-state index in [0.717, 1.165) is 11.4 Å². The first-order valence-electron chi connectivity index (χ1n) is 5.88. The van der Waals surface area contributed by atoms with Gasteiger partial charge in [-0.25, -0.2) is 9.78 Å². The Labute approximate surface area is 123 Å². The van der Waals surface area contributed by atoms with Gasteiger partial charge in [-0.05, 0) is 35.0 Å². The number of aromatic nitrogens is 2. The Balaban J connectivity index is 2.15. The van der Waals surface area contributed by atoms with Crippen LogP contribution in [-0.2, 0) is 10.5 Å². The lowest BCUT2D eigenvalue weighted by atomic mass is 10.3. The van der Waals surface area contributed by atoms with E-state index in [1.807, 2.05) is 22.8 Å². The van der Waals surface area contributed by atoms with Crippen LogP contribution in [0.4, 0.5) is 0 Å². The predicted molar refractivity (Wildman–Crippen MR) is 76.8 cm³/mol. The number of carbonyl (C=O) groups excluding carboxylic acids is 1. The predicted octanol–water partition coefficient (Wildman–Crippen LogP) is 3.42. The van der Waals surface area contributed by atoms with Crippen molar-refractivity contribution in [3.63, 3.8) is 0 Å². The lowest BCUT2D eigenvalue weighted by molar-refractivity contribution is 0.0519. The quantitative estimate of drug-likeness (QED) is 0.787. The van der Waals surface area contributed by atoms with Crippen molar-refractivity contribution in [1.82, 2.24) is 9.55 Å². The van der Waals surface area contributed by atoms with Crippen molar-refractivity contribution < 1.29 is 9.53 Å². The minimum atomic E-state index is -0.364. The van der Waals surface area contributed by atoms with Crippen LogP contribution in [0.3, 0.4) is 0 Å². The molecule has 0 saturated carbocycles. The zero-order valence-electron chi connectivity index (χ0n) is 10.2. The fraction of sp³-hybridized carbons (Fsp3) is 0.231. The highest BCUT2D eigenvalue weighted by Gasteiger charge is 2.27. The van der Waals surface area contributed by atoms with E-state index in [4.69, 9.17) is 4.74 Å². The number of ether oxygens (including phenoxy) is 1. The fourth-order valence-electron chi connectivity index (χ4n) is 2.07. The van der Waals surface area contributed by atoms with Gasteiger partial charge in [0.05, 0.1) is 18.0 Å². The number of benzene rings is 1. The van der Waals surface area contributed by atoms with Gasteiger partial charge in [0.1, 0.15) is 0 Å². The number of imidazole rings is 1. The summed E-state index contributed by atoms with van der Waals surface area (Å²) in [5.41, 5.74) is 2.33. The maximum Gasteiger partial charge on any atom is 0.358 e. The van der Waals surface area contributed by atoms with Gasteiger partial charge in [-0.1, -0.05) is 12.1 Å². The van der Waals surface area contributed by atoms with E-state index >= 15 is 0 Å². The molecule has 2 heterocycles. The Kier molecular flexibility index (Phi) is 3.36. The molecular formula is C13H11BrN2O2S. The topological polar surface area (TPSA) is 44.1 Å². The highest BCUT2D eigenvalue weighted by molar-refractivity contribution is 9.10. The summed E-state index contributed by atoms with van der Waals surface area (Å²) in [6.45, 7) is 2.14. The molecule has 0 saturated heterocycles. The molecule has 0 aliphatic carbocycles. The van der Waals surface area contributed by atoms with Gasteiger partial charge in [0.2, 0.25) is 0 Å². The molecule has 6 heteroatoms. The lowest BCUT2D eigenvalue weighted by Gasteiger charge is -2.19. The Morgan fingerprint density at radius 3 is 3.11 bits per heavy atom. The van der Waals surface area contributed by atoms with E-state index in [-0.39, 0.29) is 5.97 Å². The van der Waals surface area contributed by atoms with E-state index < -0.39 is 0 Å². The Hall–Kier alpha value is -1.27. The minimum absolute atomic E-state index is 0.354. The van der Waals surface area contributed by atoms with E-state index in [1.165, 1.54) is 4.90 Å². The highest BCUT2D eigenvalue weighted by Crippen LogP contribution is 2.38. The molecule has 4 nitrogen and oxygen atoms in total. The number of thioether (sulfide) groups is 1. The molecule has 19 heavy (non-hydrogen) atoms. The molecule has 0 amide bonds. The van der Waals surface area contributed by atoms with Crippen molar-refractivity contribution in [1.29, 1.82) is 0 Å². The first kappa shape index (κ1) is 12.7. The van der Waals surface area contributed by atoms with Crippen LogP contribution in [0.15, 0.2) is 33.9 Å². The standard InChI is InChI=1S/C13H11BrN2O2S/c1-2-18-12(17)11-9-7-19-10-6-4-3-5-8(10)16(9)13(14)15-11/h3-6H,2,7H2,1H3. The zero-order valence-corrected chi connectivity index (χ0v) is 12.6. The summed E-state index contributed by atoms with van der Waals surface area (Å²) in [6.07, 6.45) is 0. The minimum Gasteiger partial charge on any atom is -0.461 e. The Bertz CT molecular complexity index is 654. The molecule has 0 unspecified atom stereocenters. The largest absolute Gasteiger partial charge is 0.461 e. The number of hydrogen-bond acceptors (Lipinski definition) is 4. The average molecular weight is 339 g/mol. The molecule has 1 aromatic heterocycles. The van der Waals surface area contributed by atoms with Crippen LogP contribution in [0, 0.1) is 0 Å². The SMILES string of the molecule is CCOC(=O)c1nc(Br)n2c1CSc1ccccc1-2. The molecule has 2 aromatic rings. The summed E-state index contributed by atoms with van der Waals surface area (Å²) < 4.78 is 7.66. The summed E-state index contributed by atoms with van der Waals surface area (Å²) in [5.74, 6) is 0.348. The summed E-state index contributed by atoms with van der Waals surface area (Å²) in [6, 6.07) is 8.07. The summed E-state index contributed by atoms with van der Waals surface area (Å²) in [4.78, 5) is 17.4. The molecule has 0 atom stereocenters. The van der Waals surface area contributed by atoms with E-state index in [2.05, 4.69) is 27.0 Å². The van der Waals surface area contributed by atoms with Crippen LogP contribution in [-0.4, -0.2) is 22.1 Å². The monoisotopic (exact) mass is 338 g/mol. The number of halogens is 1. The van der Waals surface area contributed by atoms with Crippen molar-refractivity contribution >= 4 is 33.7 Å². The zero-order chi connectivity index (χ0) is 13.4. The number of esters is 1. The third-order valence-corrected chi connectivity index (χ3v) is 4.48. The van der Waals surface area contributed by atoms with Crippen molar-refractivity contribution in [3.8, 4) is 5.69 Å². The molecular weight excluding hydrogens is 328 g/mol. The van der Waals surface area contributed by atoms with Crippen molar-refractivity contribution in [3.05, 3.63) is 40.4 Å². The third kappa shape index (κ3) is 2.08. The number of fused-ring (bicyclic) bond motifs is 3. The second kappa shape index (κ2) is 5.02. The first-order valence-corrected chi connectivity index (χ1v) is 7.66. The van der Waals surface area contributed by atoms with Crippen molar-refractivity contribution in [2.75, 3.05) is 6.61 Å². The van der Waals surface area contributed by atoms with Gasteiger partial charge in [-0.15, -0.1) is 11.8 Å². The van der Waals surface area contributed by atoms with Gasteiger partial charge in [0.15, 0.2) is 10.4 Å². The maximum atomic E-state index is 11.9. The van der Waals surface area contributed by atoms with Crippen LogP contribution in [0.2, 0.25) is 0 Å². The molecule has 1 aliphatic rings. The molecule has 0 bridgehead atoms. The highest BCUT2D eigenvalue weighted by atomic mass is 79.9. The molecule has 98 valence electrons. The summed E-state index contributed by atoms with van der Waals surface area (Å²) in [7, 11) is 0. The second-order valence-electron chi connectivity index (χ2n) is 3.99. The second-order valence-corrected chi connectivity index (χ2v) is 5.71. The van der Waals surface area contributed by atoms with Crippen LogP contribution < -0.4 is 0 Å². The van der Waals surface area contributed by atoms with Crippen LogP contribution in [0.5, 0.6) is 0 Å². The Morgan fingerprint density at radius 2 is 2.32 bits per heavy atom. The van der Waals surface area contributed by atoms with Gasteiger partial charge in [-0.3, -0.25) is 4.57 Å². The summed E-state index contributed by atoms with van der Waals surface area (Å²) >= 11 is 5.13. The molecule has 0 fully saturated rings. The molecule has 3 rings (SSSR count). The number of hydrogen-bond donors (Lipinski definition) is 0. The fourth-order valence-corrected chi connectivity index (χ4v) is 3.70. The smallest absolute Gasteiger partial charge is 0.358 e. The first-order chi connectivity index (χ1) is 9.22. The lowest BCUT2D eigenvalue weighted by Crippen LogP contribution is -2.12. The van der Waals surface area contributed by atoms with Crippen LogP contribution in [0.1, 0.15) is 23.1 Å². The molecule has 1 aliphatic heterocycles. The normalized spacial score (nSPS) is 12.7. The Morgan fingerprint density at radius 1 is 1.53 bits per heavy atom. The van der Waals surface area contributed by atoms with Gasteiger partial charge < -0.3 is 4.74 Å². The van der Waals surface area contributed by atoms with E-state index in [9.17, 15) is 4.79 Å². The van der Waals surface area contributed by atoms with Crippen molar-refractivity contribution in [2.24, 2.45) is 0 Å². The molecule has 0 radical (unpaired) electrons. The van der Waals surface area contributed by atoms with E-state index in [1.54, 1.807) is 18.7 Å². The molecule has 1 aromatic carbocycles. The summed E-state index contributed by atoms with van der Waals surface area (Å²) in [5, 5.41) is 0. The average Bonchev–Trinajstić information content (AvgIpc) is 2.77. The van der Waals surface area contributed by atoms with Gasteiger partial charge in [-0.2, -0.15) is 0 Å². The number of nitrogens with zero attached hydrogens (tertiary/aromatic N) is 2. The van der Waals surface area contributed by atoms with Crippen molar-refractivity contribution in [2.45, 2.75) is 17.6 Å². The van der Waals surface area contributed by atoms with Crippen LogP contribution in [0.25, 0.3) is 5.69 Å². The number of carbonyl (C=O) groups is 1. The van der Waals surface area contributed by atoms with Gasteiger partial charge in [0.25, 0.3) is 0 Å². The van der Waals surface area contributed by atoms with Gasteiger partial charge >= 0.3 is 5.97 Å². The van der Waals surface area contributed by atoms with Crippen LogP contribution >= 0.6 is 27.7 Å². The van der Waals surface area contributed by atoms with E-state index in [0.29, 0.717) is 22.8 Å². The maximum absolute atomic E-state index is 11.9. The number of para-hydroxylation sites is 1. The third-order valence-electron chi connectivity index (χ3n) is 2.87. The number of rotatable bonds is 2.